The van der Waals surface area contributed by atoms with Crippen molar-refractivity contribution in [3.8, 4) is 0 Å². The quantitative estimate of drug-likeness (QED) is 0.593. The highest BCUT2D eigenvalue weighted by Gasteiger charge is 2.27. The molecular weight excluding hydrogens is 288 g/mol. The fourth-order valence-electron chi connectivity index (χ4n) is 1.36. The summed E-state index contributed by atoms with van der Waals surface area (Å²) < 4.78 is 52.6. The van der Waals surface area contributed by atoms with Gasteiger partial charge in [-0.15, -0.1) is 0 Å². The number of hydrogen-bond acceptors (Lipinski definition) is 2. The van der Waals surface area contributed by atoms with Gasteiger partial charge in [0.15, 0.2) is 0 Å². The summed E-state index contributed by atoms with van der Waals surface area (Å²) in [5.74, 6) is -1.00. The van der Waals surface area contributed by atoms with Crippen LogP contribution in [0.3, 0.4) is 0 Å². The van der Waals surface area contributed by atoms with Crippen molar-refractivity contribution < 1.29 is 27.1 Å². The van der Waals surface area contributed by atoms with Crippen molar-refractivity contribution in [3.63, 3.8) is 0 Å². The topological polar surface area (TPSA) is 26.3 Å². The number of ether oxygens (including phenoxy) is 1. The van der Waals surface area contributed by atoms with Gasteiger partial charge in [0.05, 0.1) is 11.6 Å². The third-order valence-corrected chi connectivity index (χ3v) is 2.63. The van der Waals surface area contributed by atoms with Crippen LogP contribution in [0, 0.1) is 5.82 Å². The van der Waals surface area contributed by atoms with Gasteiger partial charge in [-0.25, -0.2) is 4.39 Å². The highest BCUT2D eigenvalue weighted by Crippen LogP contribution is 2.20. The lowest BCUT2D eigenvalue weighted by Crippen LogP contribution is -2.18. The van der Waals surface area contributed by atoms with Gasteiger partial charge in [-0.05, 0) is 11.6 Å². The Bertz CT molecular complexity index is 446. The SMILES string of the molecule is O=C(CCOCC(F)(F)F)Cc1cccc(F)c1Cl. The summed E-state index contributed by atoms with van der Waals surface area (Å²) in [5.41, 5.74) is 0.308. The standard InChI is InChI=1S/C12H11ClF4O2/c13-11-8(2-1-3-10(11)14)6-9(18)4-5-19-7-12(15,16)17/h1-3H,4-7H2. The molecule has 0 radical (unpaired) electrons. The van der Waals surface area contributed by atoms with E-state index >= 15 is 0 Å². The Labute approximate surface area is 112 Å². The first-order chi connectivity index (χ1) is 8.79. The third kappa shape index (κ3) is 6.02. The smallest absolute Gasteiger partial charge is 0.372 e. The Morgan fingerprint density at radius 1 is 1.32 bits per heavy atom. The molecule has 0 aliphatic rings. The number of Topliss-reactive ketones (excluding diaryl/α,β-unsaturated/α-hetero) is 1. The van der Waals surface area contributed by atoms with Crippen LogP contribution < -0.4 is 0 Å². The maximum absolute atomic E-state index is 13.1. The van der Waals surface area contributed by atoms with Crippen molar-refractivity contribution in [2.45, 2.75) is 19.0 Å². The van der Waals surface area contributed by atoms with E-state index in [0.29, 0.717) is 5.56 Å². The molecule has 0 unspecified atom stereocenters. The maximum atomic E-state index is 13.1. The van der Waals surface area contributed by atoms with Gasteiger partial charge < -0.3 is 4.74 Å². The van der Waals surface area contributed by atoms with E-state index in [9.17, 15) is 22.4 Å². The van der Waals surface area contributed by atoms with Gasteiger partial charge in [-0.2, -0.15) is 13.2 Å². The van der Waals surface area contributed by atoms with Crippen molar-refractivity contribution in [1.29, 1.82) is 0 Å². The Balaban J connectivity index is 2.38. The van der Waals surface area contributed by atoms with Gasteiger partial charge in [-0.3, -0.25) is 4.79 Å². The molecule has 0 spiro atoms. The van der Waals surface area contributed by atoms with Crippen molar-refractivity contribution in [2.24, 2.45) is 0 Å². The molecule has 2 nitrogen and oxygen atoms in total. The first kappa shape index (κ1) is 15.9. The van der Waals surface area contributed by atoms with Gasteiger partial charge in [-0.1, -0.05) is 23.7 Å². The van der Waals surface area contributed by atoms with E-state index in [-0.39, 0.29) is 30.3 Å². The highest BCUT2D eigenvalue weighted by molar-refractivity contribution is 6.31. The lowest BCUT2D eigenvalue weighted by molar-refractivity contribution is -0.174. The second-order valence-corrected chi connectivity index (χ2v) is 4.22. The van der Waals surface area contributed by atoms with Crippen LogP contribution in [0.15, 0.2) is 18.2 Å². The molecule has 19 heavy (non-hydrogen) atoms. The molecule has 1 aromatic rings. The minimum absolute atomic E-state index is 0.133. The Hall–Kier alpha value is -1.14. The molecule has 1 rings (SSSR count). The van der Waals surface area contributed by atoms with E-state index in [1.165, 1.54) is 12.1 Å². The molecule has 0 heterocycles. The molecule has 1 aromatic carbocycles. The van der Waals surface area contributed by atoms with Crippen LogP contribution in [0.25, 0.3) is 0 Å². The zero-order chi connectivity index (χ0) is 14.5. The Morgan fingerprint density at radius 3 is 2.63 bits per heavy atom. The number of alkyl halides is 3. The normalized spacial score (nSPS) is 11.6. The van der Waals surface area contributed by atoms with Gasteiger partial charge in [0.1, 0.15) is 18.2 Å². The van der Waals surface area contributed by atoms with Crippen molar-refractivity contribution in [1.82, 2.24) is 0 Å². The van der Waals surface area contributed by atoms with Crippen molar-refractivity contribution in [2.75, 3.05) is 13.2 Å². The number of rotatable bonds is 6. The Morgan fingerprint density at radius 2 is 2.00 bits per heavy atom. The van der Waals surface area contributed by atoms with E-state index in [0.717, 1.165) is 6.07 Å². The van der Waals surface area contributed by atoms with Crippen LogP contribution in [0.4, 0.5) is 17.6 Å². The number of carbonyl (C=O) groups excluding carboxylic acids is 1. The second kappa shape index (κ2) is 6.86. The summed E-state index contributed by atoms with van der Waals surface area (Å²) >= 11 is 5.65. The molecule has 0 fully saturated rings. The van der Waals surface area contributed by atoms with E-state index in [1.54, 1.807) is 0 Å². The molecule has 0 amide bonds. The van der Waals surface area contributed by atoms with E-state index in [2.05, 4.69) is 4.74 Å². The van der Waals surface area contributed by atoms with Crippen LogP contribution in [0.2, 0.25) is 5.02 Å². The monoisotopic (exact) mass is 298 g/mol. The molecule has 106 valence electrons. The maximum Gasteiger partial charge on any atom is 0.411 e. The number of halogens is 5. The van der Waals surface area contributed by atoms with Crippen LogP contribution in [0.5, 0.6) is 0 Å². The Kier molecular flexibility index (Phi) is 5.75. The number of benzene rings is 1. The zero-order valence-electron chi connectivity index (χ0n) is 9.77. The molecule has 0 aliphatic carbocycles. The van der Waals surface area contributed by atoms with Crippen LogP contribution in [0.1, 0.15) is 12.0 Å². The molecule has 0 bridgehead atoms. The largest absolute Gasteiger partial charge is 0.411 e. The summed E-state index contributed by atoms with van der Waals surface area (Å²) in [4.78, 5) is 11.5. The van der Waals surface area contributed by atoms with Gasteiger partial charge in [0.25, 0.3) is 0 Å². The zero-order valence-corrected chi connectivity index (χ0v) is 10.5. The first-order valence-corrected chi connectivity index (χ1v) is 5.76. The minimum Gasteiger partial charge on any atom is -0.372 e. The number of carbonyl (C=O) groups is 1. The third-order valence-electron chi connectivity index (χ3n) is 2.21. The fraction of sp³-hybridized carbons (Fsp3) is 0.417. The van der Waals surface area contributed by atoms with Crippen LogP contribution in [-0.4, -0.2) is 25.2 Å². The first-order valence-electron chi connectivity index (χ1n) is 5.38. The van der Waals surface area contributed by atoms with Gasteiger partial charge in [0, 0.05) is 12.8 Å². The van der Waals surface area contributed by atoms with Gasteiger partial charge >= 0.3 is 6.18 Å². The fourth-order valence-corrected chi connectivity index (χ4v) is 1.55. The molecule has 0 saturated carbocycles. The molecule has 0 aromatic heterocycles. The van der Waals surface area contributed by atoms with Crippen molar-refractivity contribution in [3.05, 3.63) is 34.6 Å². The number of hydrogen-bond donors (Lipinski definition) is 0. The summed E-state index contributed by atoms with van der Waals surface area (Å²) in [6.45, 7) is -1.72. The summed E-state index contributed by atoms with van der Waals surface area (Å²) in [6, 6.07) is 4.05. The number of ketones is 1. The molecule has 0 N–H and O–H groups in total. The molecule has 0 aliphatic heterocycles. The van der Waals surface area contributed by atoms with E-state index in [4.69, 9.17) is 11.6 Å². The lowest BCUT2D eigenvalue weighted by Gasteiger charge is -2.07. The minimum atomic E-state index is -4.41. The summed E-state index contributed by atoms with van der Waals surface area (Å²) in [6.07, 6.45) is -4.72. The highest BCUT2D eigenvalue weighted by atomic mass is 35.5. The second-order valence-electron chi connectivity index (χ2n) is 3.85. The molecule has 7 heteroatoms. The van der Waals surface area contributed by atoms with Gasteiger partial charge in [0.2, 0.25) is 0 Å². The van der Waals surface area contributed by atoms with E-state index < -0.39 is 18.6 Å². The summed E-state index contributed by atoms with van der Waals surface area (Å²) in [5, 5.41) is -0.146. The van der Waals surface area contributed by atoms with Crippen LogP contribution >= 0.6 is 11.6 Å². The molecular formula is C12H11ClF4O2. The molecule has 0 atom stereocenters. The lowest BCUT2D eigenvalue weighted by atomic mass is 10.1. The predicted octanol–water partition coefficient (Wildman–Crippen LogP) is 3.56. The average molecular weight is 299 g/mol. The van der Waals surface area contributed by atoms with E-state index in [1.807, 2.05) is 0 Å². The van der Waals surface area contributed by atoms with Crippen LogP contribution in [-0.2, 0) is 16.0 Å². The molecule has 0 saturated heterocycles. The summed E-state index contributed by atoms with van der Waals surface area (Å²) in [7, 11) is 0. The average Bonchev–Trinajstić information content (AvgIpc) is 2.29. The van der Waals surface area contributed by atoms with Crippen molar-refractivity contribution >= 4 is 17.4 Å². The predicted molar refractivity (Wildman–Crippen MR) is 61.6 cm³/mol.